The fraction of sp³-hybridized carbons (Fsp3) is 0.529. The number of thiophene rings is 2. The van der Waals surface area contributed by atoms with Gasteiger partial charge in [-0.25, -0.2) is 0 Å². The predicted octanol–water partition coefficient (Wildman–Crippen LogP) is 4.89. The number of ether oxygens (including phenoxy) is 1. The quantitative estimate of drug-likeness (QED) is 0.594. The van der Waals surface area contributed by atoms with Crippen molar-refractivity contribution in [1.29, 1.82) is 0 Å². The summed E-state index contributed by atoms with van der Waals surface area (Å²) in [6.07, 6.45) is 4.54. The topological polar surface area (TPSA) is 21.3 Å². The van der Waals surface area contributed by atoms with Crippen LogP contribution in [0.5, 0.6) is 0 Å². The Morgan fingerprint density at radius 2 is 1.90 bits per heavy atom. The van der Waals surface area contributed by atoms with E-state index in [-0.39, 0.29) is 0 Å². The molecule has 2 rings (SSSR count). The summed E-state index contributed by atoms with van der Waals surface area (Å²) in [7, 11) is 0. The largest absolute Gasteiger partial charge is 0.381 e. The van der Waals surface area contributed by atoms with Gasteiger partial charge in [0.25, 0.3) is 0 Å². The first-order valence-corrected chi connectivity index (χ1v) is 9.53. The third kappa shape index (κ3) is 6.30. The first-order valence-electron chi connectivity index (χ1n) is 7.77. The number of nitrogens with one attached hydrogen (secondary N) is 1. The maximum absolute atomic E-state index is 5.62. The van der Waals surface area contributed by atoms with Crippen LogP contribution in [0.2, 0.25) is 0 Å². The average molecular weight is 324 g/mol. The fourth-order valence-electron chi connectivity index (χ4n) is 2.19. The van der Waals surface area contributed by atoms with Crippen LogP contribution in [0.15, 0.2) is 35.0 Å². The highest BCUT2D eigenvalue weighted by Gasteiger charge is 2.13. The highest BCUT2D eigenvalue weighted by Crippen LogP contribution is 2.24. The molecule has 2 aromatic rings. The molecule has 0 aromatic carbocycles. The zero-order chi connectivity index (χ0) is 14.8. The second-order valence-corrected chi connectivity index (χ2v) is 7.14. The monoisotopic (exact) mass is 323 g/mol. The summed E-state index contributed by atoms with van der Waals surface area (Å²) in [6, 6.07) is 9.15. The molecule has 0 radical (unpaired) electrons. The first kappa shape index (κ1) is 16.7. The van der Waals surface area contributed by atoms with Crippen molar-refractivity contribution < 1.29 is 4.74 Å². The maximum atomic E-state index is 5.62. The van der Waals surface area contributed by atoms with E-state index in [4.69, 9.17) is 4.74 Å². The zero-order valence-corrected chi connectivity index (χ0v) is 14.3. The molecule has 1 N–H and O–H groups in total. The van der Waals surface area contributed by atoms with Crippen LogP contribution in [0.3, 0.4) is 0 Å². The minimum Gasteiger partial charge on any atom is -0.381 e. The second kappa shape index (κ2) is 10.1. The smallest absolute Gasteiger partial charge is 0.0478 e. The van der Waals surface area contributed by atoms with Gasteiger partial charge in [-0.15, -0.1) is 22.7 Å². The van der Waals surface area contributed by atoms with Crippen molar-refractivity contribution in [3.05, 3.63) is 44.8 Å². The van der Waals surface area contributed by atoms with Crippen molar-refractivity contribution in [2.45, 2.75) is 38.6 Å². The fourth-order valence-corrected chi connectivity index (χ4v) is 3.75. The Morgan fingerprint density at radius 1 is 1.10 bits per heavy atom. The van der Waals surface area contributed by atoms with Crippen LogP contribution < -0.4 is 5.32 Å². The summed E-state index contributed by atoms with van der Waals surface area (Å²) in [5.41, 5.74) is 0. The second-order valence-electron chi connectivity index (χ2n) is 5.13. The number of hydrogen-bond donors (Lipinski definition) is 1. The molecule has 0 saturated carbocycles. The van der Waals surface area contributed by atoms with Gasteiger partial charge in [0.15, 0.2) is 0 Å². The third-order valence-corrected chi connectivity index (χ3v) is 5.26. The van der Waals surface area contributed by atoms with Gasteiger partial charge in [-0.05, 0) is 42.3 Å². The SMILES string of the molecule is CCCCOCCCNC(Cc1cccs1)c1cccs1. The summed E-state index contributed by atoms with van der Waals surface area (Å²) < 4.78 is 5.62. The van der Waals surface area contributed by atoms with Gasteiger partial charge in [-0.2, -0.15) is 0 Å². The van der Waals surface area contributed by atoms with Crippen LogP contribution in [0.1, 0.15) is 42.0 Å². The molecule has 0 amide bonds. The molecule has 21 heavy (non-hydrogen) atoms. The number of unbranched alkanes of at least 4 members (excludes halogenated alkanes) is 1. The Hall–Kier alpha value is -0.680. The third-order valence-electron chi connectivity index (χ3n) is 3.37. The summed E-state index contributed by atoms with van der Waals surface area (Å²) >= 11 is 3.68. The number of rotatable bonds is 11. The normalized spacial score (nSPS) is 12.6. The van der Waals surface area contributed by atoms with Gasteiger partial charge in [0.05, 0.1) is 0 Å². The van der Waals surface area contributed by atoms with Gasteiger partial charge < -0.3 is 10.1 Å². The lowest BCUT2D eigenvalue weighted by Crippen LogP contribution is -2.24. The summed E-state index contributed by atoms with van der Waals surface area (Å²) in [4.78, 5) is 2.87. The van der Waals surface area contributed by atoms with Crippen LogP contribution in [-0.2, 0) is 11.2 Å². The molecule has 0 fully saturated rings. The van der Waals surface area contributed by atoms with E-state index < -0.39 is 0 Å². The van der Waals surface area contributed by atoms with Gasteiger partial charge in [0.1, 0.15) is 0 Å². The Morgan fingerprint density at radius 3 is 2.62 bits per heavy atom. The molecule has 0 saturated heterocycles. The van der Waals surface area contributed by atoms with Crippen LogP contribution in [0.4, 0.5) is 0 Å². The lowest BCUT2D eigenvalue weighted by molar-refractivity contribution is 0.128. The van der Waals surface area contributed by atoms with Gasteiger partial charge in [0, 0.05) is 35.4 Å². The first-order chi connectivity index (χ1) is 10.4. The lowest BCUT2D eigenvalue weighted by Gasteiger charge is -2.17. The molecule has 1 unspecified atom stereocenters. The summed E-state index contributed by atoms with van der Waals surface area (Å²) in [5.74, 6) is 0. The highest BCUT2D eigenvalue weighted by atomic mass is 32.1. The van der Waals surface area contributed by atoms with E-state index in [0.717, 1.165) is 32.6 Å². The van der Waals surface area contributed by atoms with Crippen molar-refractivity contribution in [2.75, 3.05) is 19.8 Å². The Bertz CT molecular complexity index is 453. The van der Waals surface area contributed by atoms with E-state index in [1.807, 2.05) is 22.7 Å². The van der Waals surface area contributed by atoms with Gasteiger partial charge in [-0.1, -0.05) is 25.5 Å². The van der Waals surface area contributed by atoms with Crippen molar-refractivity contribution in [2.24, 2.45) is 0 Å². The van der Waals surface area contributed by atoms with Crippen molar-refractivity contribution >= 4 is 22.7 Å². The molecule has 0 aliphatic rings. The molecule has 2 aromatic heterocycles. The van der Waals surface area contributed by atoms with Crippen LogP contribution in [-0.4, -0.2) is 19.8 Å². The number of hydrogen-bond acceptors (Lipinski definition) is 4. The molecule has 0 spiro atoms. The molecule has 4 heteroatoms. The van der Waals surface area contributed by atoms with E-state index in [0.29, 0.717) is 6.04 Å². The Balaban J connectivity index is 1.72. The van der Waals surface area contributed by atoms with Crippen LogP contribution in [0.25, 0.3) is 0 Å². The molecule has 0 aliphatic carbocycles. The van der Waals surface area contributed by atoms with Crippen molar-refractivity contribution in [3.8, 4) is 0 Å². The average Bonchev–Trinajstić information content (AvgIpc) is 3.18. The van der Waals surface area contributed by atoms with Crippen LogP contribution in [0, 0.1) is 0 Å². The van der Waals surface area contributed by atoms with E-state index in [1.54, 1.807) is 0 Å². The minimum atomic E-state index is 0.430. The molecule has 116 valence electrons. The van der Waals surface area contributed by atoms with E-state index in [2.05, 4.69) is 47.3 Å². The predicted molar refractivity (Wildman–Crippen MR) is 93.4 cm³/mol. The molecule has 2 nitrogen and oxygen atoms in total. The van der Waals surface area contributed by atoms with E-state index >= 15 is 0 Å². The Labute approximate surface area is 136 Å². The van der Waals surface area contributed by atoms with Crippen molar-refractivity contribution in [3.63, 3.8) is 0 Å². The summed E-state index contributed by atoms with van der Waals surface area (Å²) in [5, 5.41) is 8.00. The summed E-state index contributed by atoms with van der Waals surface area (Å²) in [6.45, 7) is 4.98. The Kier molecular flexibility index (Phi) is 8.04. The zero-order valence-electron chi connectivity index (χ0n) is 12.7. The van der Waals surface area contributed by atoms with E-state index in [1.165, 1.54) is 22.6 Å². The minimum absolute atomic E-state index is 0.430. The van der Waals surface area contributed by atoms with E-state index in [9.17, 15) is 0 Å². The highest BCUT2D eigenvalue weighted by molar-refractivity contribution is 7.10. The maximum Gasteiger partial charge on any atom is 0.0478 e. The lowest BCUT2D eigenvalue weighted by atomic mass is 10.1. The molecular weight excluding hydrogens is 298 g/mol. The van der Waals surface area contributed by atoms with Gasteiger partial charge >= 0.3 is 0 Å². The van der Waals surface area contributed by atoms with Gasteiger partial charge in [-0.3, -0.25) is 0 Å². The van der Waals surface area contributed by atoms with Crippen LogP contribution >= 0.6 is 22.7 Å². The molecule has 0 aliphatic heterocycles. The molecule has 0 bridgehead atoms. The standard InChI is InChI=1S/C17H25NOS2/c1-2-3-10-19-11-6-9-18-16(17-8-5-13-21-17)14-15-7-4-12-20-15/h4-5,7-8,12-13,16,18H,2-3,6,9-11,14H2,1H3. The molecular formula is C17H25NOS2. The van der Waals surface area contributed by atoms with Gasteiger partial charge in [0.2, 0.25) is 0 Å². The molecule has 1 atom stereocenters. The van der Waals surface area contributed by atoms with Crippen molar-refractivity contribution in [1.82, 2.24) is 5.32 Å². The molecule has 2 heterocycles.